The molecule has 3 nitrogen and oxygen atoms in total. The Balaban J connectivity index is 2.06. The Kier molecular flexibility index (Phi) is 6.14. The van der Waals surface area contributed by atoms with Crippen LogP contribution in [0.15, 0.2) is 0 Å². The van der Waals surface area contributed by atoms with Crippen LogP contribution in [0.4, 0.5) is 0 Å². The Morgan fingerprint density at radius 3 is 2.69 bits per heavy atom. The lowest BCUT2D eigenvalue weighted by Gasteiger charge is -2.22. The summed E-state index contributed by atoms with van der Waals surface area (Å²) in [5.41, 5.74) is -0.114. The molecule has 0 aromatic rings. The van der Waals surface area contributed by atoms with Crippen LogP contribution in [0, 0.1) is 5.41 Å². The lowest BCUT2D eigenvalue weighted by molar-refractivity contribution is -0.129. The van der Waals surface area contributed by atoms with Gasteiger partial charge in [-0.1, -0.05) is 19.8 Å². The first-order valence-electron chi connectivity index (χ1n) is 6.11. The van der Waals surface area contributed by atoms with Gasteiger partial charge in [-0.05, 0) is 19.3 Å². The lowest BCUT2D eigenvalue weighted by Crippen LogP contribution is -2.37. The number of carbonyl (C=O) groups excluding carboxylic acids is 1. The number of hydrogen-bond donors (Lipinski definition) is 1. The van der Waals surface area contributed by atoms with E-state index >= 15 is 0 Å². The molecule has 1 amide bonds. The van der Waals surface area contributed by atoms with Gasteiger partial charge >= 0.3 is 0 Å². The molecule has 1 fully saturated rings. The van der Waals surface area contributed by atoms with Gasteiger partial charge in [-0.2, -0.15) is 0 Å². The van der Waals surface area contributed by atoms with E-state index in [-0.39, 0.29) is 11.3 Å². The van der Waals surface area contributed by atoms with Gasteiger partial charge in [0.25, 0.3) is 0 Å². The third kappa shape index (κ3) is 4.30. The van der Waals surface area contributed by atoms with E-state index in [0.717, 1.165) is 19.3 Å². The summed E-state index contributed by atoms with van der Waals surface area (Å²) >= 11 is 5.47. The van der Waals surface area contributed by atoms with Crippen molar-refractivity contribution in [3.8, 4) is 0 Å². The zero-order valence-electron chi connectivity index (χ0n) is 10.1. The van der Waals surface area contributed by atoms with Crippen molar-refractivity contribution < 1.29 is 9.53 Å². The van der Waals surface area contributed by atoms with Crippen LogP contribution in [0.5, 0.6) is 0 Å². The van der Waals surface area contributed by atoms with Crippen LogP contribution >= 0.6 is 11.6 Å². The highest BCUT2D eigenvalue weighted by Crippen LogP contribution is 2.37. The van der Waals surface area contributed by atoms with E-state index in [0.29, 0.717) is 25.6 Å². The monoisotopic (exact) mass is 247 g/mol. The van der Waals surface area contributed by atoms with Crippen molar-refractivity contribution in [3.05, 3.63) is 0 Å². The van der Waals surface area contributed by atoms with Gasteiger partial charge in [-0.3, -0.25) is 4.79 Å². The second kappa shape index (κ2) is 7.13. The highest BCUT2D eigenvalue weighted by molar-refractivity contribution is 6.17. The lowest BCUT2D eigenvalue weighted by atomic mass is 9.88. The first kappa shape index (κ1) is 13.8. The van der Waals surface area contributed by atoms with Crippen molar-refractivity contribution in [1.29, 1.82) is 0 Å². The number of alkyl halides is 1. The van der Waals surface area contributed by atoms with Gasteiger partial charge < -0.3 is 10.1 Å². The molecular weight excluding hydrogens is 226 g/mol. The van der Waals surface area contributed by atoms with Crippen LogP contribution < -0.4 is 5.32 Å². The molecule has 0 heterocycles. The molecule has 1 saturated carbocycles. The van der Waals surface area contributed by atoms with Gasteiger partial charge in [-0.25, -0.2) is 0 Å². The summed E-state index contributed by atoms with van der Waals surface area (Å²) < 4.78 is 5.23. The van der Waals surface area contributed by atoms with E-state index in [2.05, 4.69) is 12.2 Å². The zero-order chi connectivity index (χ0) is 11.9. The molecule has 1 aliphatic rings. The van der Waals surface area contributed by atoms with Crippen molar-refractivity contribution in [1.82, 2.24) is 5.32 Å². The average Bonchev–Trinajstić information content (AvgIpc) is 2.71. The van der Waals surface area contributed by atoms with Gasteiger partial charge in [0.05, 0.1) is 6.61 Å². The molecule has 0 radical (unpaired) electrons. The van der Waals surface area contributed by atoms with Gasteiger partial charge in [0.15, 0.2) is 0 Å². The molecule has 0 saturated heterocycles. The minimum Gasteiger partial charge on any atom is -0.380 e. The maximum absolute atomic E-state index is 11.9. The van der Waals surface area contributed by atoms with E-state index in [9.17, 15) is 4.79 Å². The normalized spacial score (nSPS) is 18.6. The summed E-state index contributed by atoms with van der Waals surface area (Å²) in [7, 11) is 0. The molecule has 0 spiro atoms. The fraction of sp³-hybridized carbons (Fsp3) is 0.917. The van der Waals surface area contributed by atoms with Gasteiger partial charge in [0.1, 0.15) is 0 Å². The van der Waals surface area contributed by atoms with Crippen molar-refractivity contribution in [3.63, 3.8) is 0 Å². The Labute approximate surface area is 103 Å². The zero-order valence-corrected chi connectivity index (χ0v) is 10.8. The van der Waals surface area contributed by atoms with E-state index in [1.165, 1.54) is 12.8 Å². The number of hydrogen-bond acceptors (Lipinski definition) is 2. The Morgan fingerprint density at radius 1 is 1.38 bits per heavy atom. The summed E-state index contributed by atoms with van der Waals surface area (Å²) in [5.74, 6) is 0.743. The van der Waals surface area contributed by atoms with Crippen molar-refractivity contribution in [2.24, 2.45) is 5.41 Å². The molecule has 0 aliphatic heterocycles. The summed E-state index contributed by atoms with van der Waals surface area (Å²) in [6, 6.07) is 0. The van der Waals surface area contributed by atoms with Gasteiger partial charge in [0, 0.05) is 24.4 Å². The third-order valence-corrected chi connectivity index (χ3v) is 3.38. The summed E-state index contributed by atoms with van der Waals surface area (Å²) in [6.45, 7) is 4.03. The molecule has 0 aromatic carbocycles. The molecule has 1 rings (SSSR count). The highest BCUT2D eigenvalue weighted by atomic mass is 35.5. The Morgan fingerprint density at radius 2 is 2.06 bits per heavy atom. The smallest absolute Gasteiger partial charge is 0.225 e. The number of carbonyl (C=O) groups is 1. The molecular formula is C12H22ClNO2. The van der Waals surface area contributed by atoms with Crippen LogP contribution in [-0.2, 0) is 9.53 Å². The second-order valence-corrected chi connectivity index (χ2v) is 5.06. The van der Waals surface area contributed by atoms with E-state index < -0.39 is 0 Å². The topological polar surface area (TPSA) is 38.3 Å². The fourth-order valence-electron chi connectivity index (χ4n) is 2.13. The molecule has 1 N–H and O–H groups in total. The number of rotatable bonds is 7. The SMILES string of the molecule is CC1(C(=O)NCCCOCCCl)CCCC1. The largest absolute Gasteiger partial charge is 0.380 e. The maximum Gasteiger partial charge on any atom is 0.225 e. The molecule has 1 aliphatic carbocycles. The molecule has 0 bridgehead atoms. The molecule has 0 atom stereocenters. The summed E-state index contributed by atoms with van der Waals surface area (Å²) in [6.07, 6.45) is 5.29. The minimum atomic E-state index is -0.114. The van der Waals surface area contributed by atoms with E-state index in [1.54, 1.807) is 0 Å². The molecule has 94 valence electrons. The minimum absolute atomic E-state index is 0.114. The van der Waals surface area contributed by atoms with Crippen LogP contribution in [0.3, 0.4) is 0 Å². The molecule has 4 heteroatoms. The molecule has 16 heavy (non-hydrogen) atoms. The number of nitrogens with one attached hydrogen (secondary N) is 1. The average molecular weight is 248 g/mol. The van der Waals surface area contributed by atoms with Crippen molar-refractivity contribution in [2.75, 3.05) is 25.6 Å². The highest BCUT2D eigenvalue weighted by Gasteiger charge is 2.35. The number of amides is 1. The van der Waals surface area contributed by atoms with Crippen LogP contribution in [0.1, 0.15) is 39.0 Å². The third-order valence-electron chi connectivity index (χ3n) is 3.23. The van der Waals surface area contributed by atoms with Gasteiger partial charge in [-0.15, -0.1) is 11.6 Å². The predicted octanol–water partition coefficient (Wildman–Crippen LogP) is 2.33. The van der Waals surface area contributed by atoms with E-state index in [1.807, 2.05) is 0 Å². The maximum atomic E-state index is 11.9. The molecule has 0 unspecified atom stereocenters. The van der Waals surface area contributed by atoms with Crippen LogP contribution in [-0.4, -0.2) is 31.5 Å². The molecule has 0 aromatic heterocycles. The van der Waals surface area contributed by atoms with E-state index in [4.69, 9.17) is 16.3 Å². The van der Waals surface area contributed by atoms with Crippen LogP contribution in [0.2, 0.25) is 0 Å². The Hall–Kier alpha value is -0.280. The second-order valence-electron chi connectivity index (χ2n) is 4.68. The van der Waals surface area contributed by atoms with Gasteiger partial charge in [0.2, 0.25) is 5.91 Å². The van der Waals surface area contributed by atoms with Crippen molar-refractivity contribution in [2.45, 2.75) is 39.0 Å². The first-order valence-corrected chi connectivity index (χ1v) is 6.64. The van der Waals surface area contributed by atoms with Crippen LogP contribution in [0.25, 0.3) is 0 Å². The quantitative estimate of drug-likeness (QED) is 0.554. The number of halogens is 1. The van der Waals surface area contributed by atoms with Crippen molar-refractivity contribution >= 4 is 17.5 Å². The Bertz CT molecular complexity index is 215. The summed E-state index contributed by atoms with van der Waals surface area (Å²) in [5, 5.41) is 2.99. The first-order chi connectivity index (χ1) is 7.69. The number of ether oxygens (including phenoxy) is 1. The fourth-order valence-corrected chi connectivity index (χ4v) is 2.24. The summed E-state index contributed by atoms with van der Waals surface area (Å²) in [4.78, 5) is 11.9. The predicted molar refractivity (Wildman–Crippen MR) is 65.7 cm³/mol. The standard InChI is InChI=1S/C12H22ClNO2/c1-12(5-2-3-6-12)11(15)14-8-4-9-16-10-7-13/h2-10H2,1H3,(H,14,15).